The molecule has 1 saturated heterocycles. The van der Waals surface area contributed by atoms with E-state index in [9.17, 15) is 14.7 Å². The van der Waals surface area contributed by atoms with E-state index in [1.54, 1.807) is 0 Å². The summed E-state index contributed by atoms with van der Waals surface area (Å²) in [6.45, 7) is 3.13. The van der Waals surface area contributed by atoms with Crippen molar-refractivity contribution in [2.45, 2.75) is 129 Å². The molecule has 1 unspecified atom stereocenters. The van der Waals surface area contributed by atoms with Crippen molar-refractivity contribution >= 4 is 11.9 Å². The predicted molar refractivity (Wildman–Crippen MR) is 125 cm³/mol. The Morgan fingerprint density at radius 3 is 1.87 bits per heavy atom. The molecule has 0 aliphatic carbocycles. The molecule has 1 aliphatic rings. The number of unbranched alkanes of at least 4 members (excludes halogenated alkanes) is 15. The molecule has 1 fully saturated rings. The lowest BCUT2D eigenvalue weighted by molar-refractivity contribution is -0.164. The van der Waals surface area contributed by atoms with Gasteiger partial charge in [-0.25, -0.2) is 4.79 Å². The summed E-state index contributed by atoms with van der Waals surface area (Å²) in [5, 5.41) is 9.58. The Hall–Kier alpha value is -1.36. The van der Waals surface area contributed by atoms with Gasteiger partial charge in [-0.15, -0.1) is 0 Å². The Kier molecular flexibility index (Phi) is 15.4. The van der Waals surface area contributed by atoms with Crippen LogP contribution in [0.25, 0.3) is 0 Å². The van der Waals surface area contributed by atoms with Crippen LogP contribution in [0.3, 0.4) is 0 Å². The minimum absolute atomic E-state index is 0.0964. The van der Waals surface area contributed by atoms with Crippen LogP contribution in [0.1, 0.15) is 123 Å². The molecule has 180 valence electrons. The van der Waals surface area contributed by atoms with Crippen molar-refractivity contribution in [3.8, 4) is 0 Å². The van der Waals surface area contributed by atoms with E-state index in [-0.39, 0.29) is 13.2 Å². The second-order valence-corrected chi connectivity index (χ2v) is 9.16. The molecule has 0 aromatic rings. The standard InChI is InChI=1S/C26H46O5/c1-3-4-5-6-7-8-9-10-11-12-13-14-15-16-17-18-19-24-20-26(21-27,31-25(24)29)22-30-23(2)28/h19,27H,3-18,20-22H2,1-2H3/b24-19-. The maximum absolute atomic E-state index is 12.0. The zero-order valence-electron chi connectivity index (χ0n) is 20.1. The molecule has 0 radical (unpaired) electrons. The van der Waals surface area contributed by atoms with Gasteiger partial charge in [0.2, 0.25) is 0 Å². The monoisotopic (exact) mass is 438 g/mol. The summed E-state index contributed by atoms with van der Waals surface area (Å²) in [4.78, 5) is 23.0. The van der Waals surface area contributed by atoms with Crippen molar-refractivity contribution in [1.82, 2.24) is 0 Å². The van der Waals surface area contributed by atoms with Crippen molar-refractivity contribution in [1.29, 1.82) is 0 Å². The van der Waals surface area contributed by atoms with Gasteiger partial charge in [0.05, 0.1) is 6.61 Å². The molecule has 0 aromatic heterocycles. The van der Waals surface area contributed by atoms with E-state index in [1.165, 1.54) is 96.8 Å². The van der Waals surface area contributed by atoms with Crippen LogP contribution in [0.5, 0.6) is 0 Å². The number of esters is 2. The normalized spacial score (nSPS) is 19.7. The molecule has 1 aliphatic heterocycles. The van der Waals surface area contributed by atoms with Crippen molar-refractivity contribution in [3.63, 3.8) is 0 Å². The number of aliphatic hydroxyl groups excluding tert-OH is 1. The smallest absolute Gasteiger partial charge is 0.334 e. The molecule has 1 rings (SSSR count). The van der Waals surface area contributed by atoms with Crippen molar-refractivity contribution in [3.05, 3.63) is 11.6 Å². The lowest BCUT2D eigenvalue weighted by Gasteiger charge is -2.23. The Bertz CT molecular complexity index is 528. The molecule has 0 aromatic carbocycles. The first-order valence-corrected chi connectivity index (χ1v) is 12.7. The Morgan fingerprint density at radius 2 is 1.42 bits per heavy atom. The van der Waals surface area contributed by atoms with Gasteiger partial charge in [-0.3, -0.25) is 4.79 Å². The summed E-state index contributed by atoms with van der Waals surface area (Å²) in [7, 11) is 0. The molecule has 5 heteroatoms. The number of ether oxygens (including phenoxy) is 2. The molecule has 1 N–H and O–H groups in total. The molecular formula is C26H46O5. The summed E-state index contributed by atoms with van der Waals surface area (Å²) >= 11 is 0. The van der Waals surface area contributed by atoms with Gasteiger partial charge in [0.15, 0.2) is 5.60 Å². The first-order chi connectivity index (χ1) is 15.0. The number of allylic oxidation sites excluding steroid dienone is 1. The fourth-order valence-electron chi connectivity index (χ4n) is 4.11. The fraction of sp³-hybridized carbons (Fsp3) is 0.846. The number of hydrogen-bond acceptors (Lipinski definition) is 5. The third-order valence-electron chi connectivity index (χ3n) is 6.11. The number of carbonyl (C=O) groups excluding carboxylic acids is 2. The molecule has 0 bridgehead atoms. The van der Waals surface area contributed by atoms with E-state index in [1.807, 2.05) is 6.08 Å². The Balaban J connectivity index is 1.99. The second-order valence-electron chi connectivity index (χ2n) is 9.16. The SMILES string of the molecule is CCCCCCCCCCCCCCCCC/C=C1/CC(CO)(COC(C)=O)OC1=O. The predicted octanol–water partition coefficient (Wildman–Crippen LogP) is 6.42. The van der Waals surface area contributed by atoms with E-state index in [2.05, 4.69) is 6.92 Å². The molecule has 5 nitrogen and oxygen atoms in total. The average molecular weight is 439 g/mol. The van der Waals surface area contributed by atoms with Crippen LogP contribution in [-0.2, 0) is 19.1 Å². The van der Waals surface area contributed by atoms with Crippen molar-refractivity contribution < 1.29 is 24.2 Å². The highest BCUT2D eigenvalue weighted by molar-refractivity contribution is 5.91. The Labute approximate surface area is 190 Å². The van der Waals surface area contributed by atoms with Gasteiger partial charge in [-0.2, -0.15) is 0 Å². The van der Waals surface area contributed by atoms with E-state index in [4.69, 9.17) is 9.47 Å². The zero-order valence-corrected chi connectivity index (χ0v) is 20.1. The minimum Gasteiger partial charge on any atom is -0.462 e. The average Bonchev–Trinajstić information content (AvgIpc) is 3.08. The van der Waals surface area contributed by atoms with Gasteiger partial charge in [0, 0.05) is 18.9 Å². The van der Waals surface area contributed by atoms with Gasteiger partial charge in [0.25, 0.3) is 0 Å². The van der Waals surface area contributed by atoms with Gasteiger partial charge in [-0.05, 0) is 12.8 Å². The Morgan fingerprint density at radius 1 is 0.935 bits per heavy atom. The maximum Gasteiger partial charge on any atom is 0.334 e. The van der Waals surface area contributed by atoms with Crippen LogP contribution in [0.4, 0.5) is 0 Å². The number of carbonyl (C=O) groups is 2. The van der Waals surface area contributed by atoms with Crippen LogP contribution in [0.2, 0.25) is 0 Å². The summed E-state index contributed by atoms with van der Waals surface area (Å²) in [6.07, 6.45) is 23.1. The topological polar surface area (TPSA) is 72.8 Å². The number of hydrogen-bond donors (Lipinski definition) is 1. The summed E-state index contributed by atoms with van der Waals surface area (Å²) < 4.78 is 10.3. The quantitative estimate of drug-likeness (QED) is 0.143. The van der Waals surface area contributed by atoms with E-state index in [0.29, 0.717) is 12.0 Å². The van der Waals surface area contributed by atoms with Crippen molar-refractivity contribution in [2.24, 2.45) is 0 Å². The van der Waals surface area contributed by atoms with Crippen LogP contribution in [0.15, 0.2) is 11.6 Å². The fourth-order valence-corrected chi connectivity index (χ4v) is 4.11. The van der Waals surface area contributed by atoms with Gasteiger partial charge in [-0.1, -0.05) is 103 Å². The molecule has 0 spiro atoms. The molecule has 1 heterocycles. The number of rotatable bonds is 19. The number of aliphatic hydroxyl groups is 1. The molecule has 0 saturated carbocycles. The highest BCUT2D eigenvalue weighted by Gasteiger charge is 2.44. The van der Waals surface area contributed by atoms with Gasteiger partial charge >= 0.3 is 11.9 Å². The van der Waals surface area contributed by atoms with Crippen LogP contribution in [0, 0.1) is 0 Å². The number of cyclic esters (lactones) is 1. The van der Waals surface area contributed by atoms with Crippen LogP contribution in [-0.4, -0.2) is 35.9 Å². The highest BCUT2D eigenvalue weighted by atomic mass is 16.6. The van der Waals surface area contributed by atoms with Gasteiger partial charge in [0.1, 0.15) is 6.61 Å². The molecule has 31 heavy (non-hydrogen) atoms. The first kappa shape index (κ1) is 27.7. The molecular weight excluding hydrogens is 392 g/mol. The largest absolute Gasteiger partial charge is 0.462 e. The van der Waals surface area contributed by atoms with E-state index >= 15 is 0 Å². The summed E-state index contributed by atoms with van der Waals surface area (Å²) in [6, 6.07) is 0. The highest BCUT2D eigenvalue weighted by Crippen LogP contribution is 2.31. The minimum atomic E-state index is -1.11. The van der Waals surface area contributed by atoms with Gasteiger partial charge < -0.3 is 14.6 Å². The second kappa shape index (κ2) is 17.2. The summed E-state index contributed by atoms with van der Waals surface area (Å²) in [5.74, 6) is -0.846. The first-order valence-electron chi connectivity index (χ1n) is 12.7. The van der Waals surface area contributed by atoms with E-state index < -0.39 is 17.5 Å². The van der Waals surface area contributed by atoms with Crippen LogP contribution >= 0.6 is 0 Å². The van der Waals surface area contributed by atoms with E-state index in [0.717, 1.165) is 12.8 Å². The zero-order chi connectivity index (χ0) is 22.8. The lowest BCUT2D eigenvalue weighted by atomic mass is 9.98. The summed E-state index contributed by atoms with van der Waals surface area (Å²) in [5.41, 5.74) is -0.518. The lowest BCUT2D eigenvalue weighted by Crippen LogP contribution is -2.39. The third kappa shape index (κ3) is 12.9. The van der Waals surface area contributed by atoms with Crippen LogP contribution < -0.4 is 0 Å². The maximum atomic E-state index is 12.0. The third-order valence-corrected chi connectivity index (χ3v) is 6.11. The molecule has 1 atom stereocenters. The van der Waals surface area contributed by atoms with Crippen molar-refractivity contribution in [2.75, 3.05) is 13.2 Å². The molecule has 0 amide bonds.